The quantitative estimate of drug-likeness (QED) is 0.874. The van der Waals surface area contributed by atoms with E-state index in [1.54, 1.807) is 18.2 Å². The summed E-state index contributed by atoms with van der Waals surface area (Å²) >= 11 is 3.24. The van der Waals surface area contributed by atoms with Crippen LogP contribution in [-0.4, -0.2) is 19.1 Å². The van der Waals surface area contributed by atoms with Crippen LogP contribution in [0.2, 0.25) is 0 Å². The standard InChI is InChI=1S/C16H13BrFNO3/c17-13-4-2-10(18)8-12(13)16(20)19-11-3-5-14-15(9-11)22-7-1-6-21-14/h2-5,8-9H,1,6-7H2,(H,19,20). The Labute approximate surface area is 135 Å². The maximum absolute atomic E-state index is 13.3. The first-order valence-corrected chi connectivity index (χ1v) is 7.59. The Hall–Kier alpha value is -2.08. The van der Waals surface area contributed by atoms with Crippen molar-refractivity contribution in [2.75, 3.05) is 18.5 Å². The maximum Gasteiger partial charge on any atom is 0.256 e. The number of benzene rings is 2. The smallest absolute Gasteiger partial charge is 0.256 e. The molecule has 0 saturated heterocycles. The highest BCUT2D eigenvalue weighted by Gasteiger charge is 2.14. The lowest BCUT2D eigenvalue weighted by Crippen LogP contribution is -2.13. The zero-order valence-corrected chi connectivity index (χ0v) is 13.2. The maximum atomic E-state index is 13.3. The molecule has 0 aromatic heterocycles. The van der Waals surface area contributed by atoms with E-state index in [-0.39, 0.29) is 5.56 Å². The van der Waals surface area contributed by atoms with E-state index in [9.17, 15) is 9.18 Å². The van der Waals surface area contributed by atoms with E-state index in [1.807, 2.05) is 0 Å². The summed E-state index contributed by atoms with van der Waals surface area (Å²) in [5.41, 5.74) is 0.789. The van der Waals surface area contributed by atoms with Gasteiger partial charge in [0, 0.05) is 22.6 Å². The second kappa shape index (κ2) is 6.36. The molecule has 0 radical (unpaired) electrons. The second-order valence-corrected chi connectivity index (χ2v) is 5.64. The molecular weight excluding hydrogens is 353 g/mol. The molecule has 0 bridgehead atoms. The normalized spacial score (nSPS) is 13.4. The summed E-state index contributed by atoms with van der Waals surface area (Å²) in [5.74, 6) is 0.379. The number of anilines is 1. The predicted octanol–water partition coefficient (Wildman–Crippen LogP) is 4.00. The van der Waals surface area contributed by atoms with Crippen LogP contribution in [0.25, 0.3) is 0 Å². The van der Waals surface area contributed by atoms with Gasteiger partial charge < -0.3 is 14.8 Å². The topological polar surface area (TPSA) is 47.6 Å². The molecule has 1 heterocycles. The summed E-state index contributed by atoms with van der Waals surface area (Å²) in [6, 6.07) is 9.14. The SMILES string of the molecule is O=C(Nc1ccc2c(c1)OCCCO2)c1cc(F)ccc1Br. The monoisotopic (exact) mass is 365 g/mol. The molecule has 4 nitrogen and oxygen atoms in total. The molecule has 3 rings (SSSR count). The van der Waals surface area contributed by atoms with E-state index in [2.05, 4.69) is 21.2 Å². The molecule has 0 spiro atoms. The van der Waals surface area contributed by atoms with Crippen LogP contribution in [-0.2, 0) is 0 Å². The molecule has 0 unspecified atom stereocenters. The van der Waals surface area contributed by atoms with E-state index in [0.717, 1.165) is 6.42 Å². The van der Waals surface area contributed by atoms with E-state index >= 15 is 0 Å². The van der Waals surface area contributed by atoms with Gasteiger partial charge in [0.1, 0.15) is 5.82 Å². The Morgan fingerprint density at radius 1 is 1.09 bits per heavy atom. The van der Waals surface area contributed by atoms with Crippen molar-refractivity contribution in [2.24, 2.45) is 0 Å². The average Bonchev–Trinajstić information content (AvgIpc) is 2.74. The molecule has 2 aromatic carbocycles. The second-order valence-electron chi connectivity index (χ2n) is 4.79. The van der Waals surface area contributed by atoms with Crippen LogP contribution in [0, 0.1) is 5.82 Å². The molecule has 1 aliphatic heterocycles. The molecule has 2 aromatic rings. The fraction of sp³-hybridized carbons (Fsp3) is 0.188. The first-order chi connectivity index (χ1) is 10.6. The molecule has 1 amide bonds. The average molecular weight is 366 g/mol. The van der Waals surface area contributed by atoms with E-state index < -0.39 is 11.7 Å². The van der Waals surface area contributed by atoms with E-state index in [4.69, 9.17) is 9.47 Å². The zero-order valence-electron chi connectivity index (χ0n) is 11.6. The number of rotatable bonds is 2. The third-order valence-electron chi connectivity index (χ3n) is 3.18. The fourth-order valence-electron chi connectivity index (χ4n) is 2.11. The lowest BCUT2D eigenvalue weighted by Gasteiger charge is -2.11. The van der Waals surface area contributed by atoms with Gasteiger partial charge in [-0.1, -0.05) is 0 Å². The van der Waals surface area contributed by atoms with Crippen LogP contribution in [0.3, 0.4) is 0 Å². The van der Waals surface area contributed by atoms with Crippen molar-refractivity contribution >= 4 is 27.5 Å². The van der Waals surface area contributed by atoms with Crippen molar-refractivity contribution in [1.29, 1.82) is 0 Å². The van der Waals surface area contributed by atoms with Crippen LogP contribution < -0.4 is 14.8 Å². The molecule has 1 aliphatic rings. The lowest BCUT2D eigenvalue weighted by atomic mass is 10.2. The van der Waals surface area contributed by atoms with Gasteiger partial charge in [-0.25, -0.2) is 4.39 Å². The van der Waals surface area contributed by atoms with Crippen molar-refractivity contribution in [1.82, 2.24) is 0 Å². The molecule has 0 aliphatic carbocycles. The zero-order chi connectivity index (χ0) is 15.5. The highest BCUT2D eigenvalue weighted by Crippen LogP contribution is 2.32. The summed E-state index contributed by atoms with van der Waals surface area (Å²) in [5, 5.41) is 2.73. The van der Waals surface area contributed by atoms with Crippen molar-refractivity contribution in [3.63, 3.8) is 0 Å². The summed E-state index contributed by atoms with van der Waals surface area (Å²) < 4.78 is 24.9. The van der Waals surface area contributed by atoms with Crippen LogP contribution >= 0.6 is 15.9 Å². The Balaban J connectivity index is 1.82. The van der Waals surface area contributed by atoms with Gasteiger partial charge in [-0.2, -0.15) is 0 Å². The summed E-state index contributed by atoms with van der Waals surface area (Å²) in [4.78, 5) is 12.2. The summed E-state index contributed by atoms with van der Waals surface area (Å²) in [6.45, 7) is 1.18. The lowest BCUT2D eigenvalue weighted by molar-refractivity contribution is 0.102. The van der Waals surface area contributed by atoms with Gasteiger partial charge in [0.25, 0.3) is 5.91 Å². The third-order valence-corrected chi connectivity index (χ3v) is 3.87. The van der Waals surface area contributed by atoms with E-state index in [0.29, 0.717) is 34.9 Å². The van der Waals surface area contributed by atoms with Gasteiger partial charge in [0.2, 0.25) is 0 Å². The van der Waals surface area contributed by atoms with Gasteiger partial charge in [-0.15, -0.1) is 0 Å². The number of fused-ring (bicyclic) bond motifs is 1. The number of carbonyl (C=O) groups excluding carboxylic acids is 1. The molecule has 1 N–H and O–H groups in total. The first kappa shape index (κ1) is 14.8. The Morgan fingerprint density at radius 3 is 2.68 bits per heavy atom. The van der Waals surface area contributed by atoms with Crippen LogP contribution in [0.15, 0.2) is 40.9 Å². The number of hydrogen-bond donors (Lipinski definition) is 1. The number of nitrogens with one attached hydrogen (secondary N) is 1. The third kappa shape index (κ3) is 3.22. The molecule has 0 fully saturated rings. The van der Waals surface area contributed by atoms with Crippen LogP contribution in [0.5, 0.6) is 11.5 Å². The summed E-state index contributed by atoms with van der Waals surface area (Å²) in [6.07, 6.45) is 0.812. The molecule has 22 heavy (non-hydrogen) atoms. The minimum absolute atomic E-state index is 0.229. The van der Waals surface area contributed by atoms with Crippen LogP contribution in [0.4, 0.5) is 10.1 Å². The van der Waals surface area contributed by atoms with Gasteiger partial charge in [-0.3, -0.25) is 4.79 Å². The number of amides is 1. The minimum Gasteiger partial charge on any atom is -0.490 e. The Kier molecular flexibility index (Phi) is 4.29. The van der Waals surface area contributed by atoms with Gasteiger partial charge in [0.15, 0.2) is 11.5 Å². The van der Waals surface area contributed by atoms with Gasteiger partial charge in [0.05, 0.1) is 18.8 Å². The highest BCUT2D eigenvalue weighted by atomic mass is 79.9. The molecule has 6 heteroatoms. The minimum atomic E-state index is -0.466. The largest absolute Gasteiger partial charge is 0.490 e. The summed E-state index contributed by atoms with van der Waals surface area (Å²) in [7, 11) is 0. The Morgan fingerprint density at radius 2 is 1.86 bits per heavy atom. The van der Waals surface area contributed by atoms with Crippen molar-refractivity contribution in [3.05, 3.63) is 52.3 Å². The van der Waals surface area contributed by atoms with Crippen molar-refractivity contribution in [3.8, 4) is 11.5 Å². The van der Waals surface area contributed by atoms with Crippen LogP contribution in [0.1, 0.15) is 16.8 Å². The fourth-order valence-corrected chi connectivity index (χ4v) is 2.54. The molecular formula is C16H13BrFNO3. The molecule has 0 atom stereocenters. The number of carbonyl (C=O) groups is 1. The number of hydrogen-bond acceptors (Lipinski definition) is 3. The Bertz CT molecular complexity index is 721. The predicted molar refractivity (Wildman–Crippen MR) is 84.1 cm³/mol. The van der Waals surface area contributed by atoms with Crippen molar-refractivity contribution in [2.45, 2.75) is 6.42 Å². The highest BCUT2D eigenvalue weighted by molar-refractivity contribution is 9.10. The molecule has 0 saturated carbocycles. The van der Waals surface area contributed by atoms with Gasteiger partial charge in [-0.05, 0) is 46.3 Å². The molecule has 114 valence electrons. The number of halogens is 2. The van der Waals surface area contributed by atoms with E-state index in [1.165, 1.54) is 18.2 Å². The van der Waals surface area contributed by atoms with Crippen molar-refractivity contribution < 1.29 is 18.7 Å². The first-order valence-electron chi connectivity index (χ1n) is 6.79. The van der Waals surface area contributed by atoms with Gasteiger partial charge >= 0.3 is 0 Å². The number of ether oxygens (including phenoxy) is 2.